The third kappa shape index (κ3) is 4.03. The molecule has 3 rings (SSSR count). The van der Waals surface area contributed by atoms with Gasteiger partial charge in [0.25, 0.3) is 5.91 Å². The summed E-state index contributed by atoms with van der Waals surface area (Å²) in [7, 11) is 0. The number of benzene rings is 1. The molecule has 2 heterocycles. The minimum Gasteiger partial charge on any atom is -0.484 e. The number of nitrogens with zero attached hydrogens (tertiary/aromatic N) is 1. The van der Waals surface area contributed by atoms with E-state index in [9.17, 15) is 9.59 Å². The van der Waals surface area contributed by atoms with Gasteiger partial charge in [-0.15, -0.1) is 0 Å². The van der Waals surface area contributed by atoms with E-state index in [2.05, 4.69) is 6.92 Å². The van der Waals surface area contributed by atoms with Gasteiger partial charge in [0, 0.05) is 30.6 Å². The normalized spacial score (nSPS) is 15.8. The van der Waals surface area contributed by atoms with Crippen molar-refractivity contribution in [3.8, 4) is 5.75 Å². The zero-order valence-corrected chi connectivity index (χ0v) is 15.1. The number of amides is 1. The molecule has 0 bridgehead atoms. The summed E-state index contributed by atoms with van der Waals surface area (Å²) in [6.07, 6.45) is 2.09. The molecule has 2 aromatic rings. The van der Waals surface area contributed by atoms with E-state index >= 15 is 0 Å². The SMILES string of the molecule is CC1CCN(C(=O)COc2ccc3c(C(C)C)cc(=O)oc3c2)CC1. The molecule has 0 radical (unpaired) electrons. The fraction of sp³-hybridized carbons (Fsp3) is 0.500. The third-order valence-corrected chi connectivity index (χ3v) is 4.87. The van der Waals surface area contributed by atoms with E-state index in [-0.39, 0.29) is 24.1 Å². The first kappa shape index (κ1) is 17.5. The van der Waals surface area contributed by atoms with Crippen molar-refractivity contribution in [1.29, 1.82) is 0 Å². The third-order valence-electron chi connectivity index (χ3n) is 4.87. The average molecular weight is 343 g/mol. The molecule has 0 unspecified atom stereocenters. The molecule has 1 saturated heterocycles. The van der Waals surface area contributed by atoms with Crippen LogP contribution in [-0.2, 0) is 4.79 Å². The van der Waals surface area contributed by atoms with E-state index in [1.54, 1.807) is 6.07 Å². The van der Waals surface area contributed by atoms with Crippen molar-refractivity contribution in [1.82, 2.24) is 4.90 Å². The number of piperidine rings is 1. The number of carbonyl (C=O) groups is 1. The van der Waals surface area contributed by atoms with Crippen molar-refractivity contribution in [3.63, 3.8) is 0 Å². The van der Waals surface area contributed by atoms with Crippen LogP contribution in [0.3, 0.4) is 0 Å². The van der Waals surface area contributed by atoms with Crippen LogP contribution >= 0.6 is 0 Å². The lowest BCUT2D eigenvalue weighted by Crippen LogP contribution is -2.40. The van der Waals surface area contributed by atoms with E-state index in [1.165, 1.54) is 6.07 Å². The van der Waals surface area contributed by atoms with Crippen LogP contribution in [0.1, 0.15) is 45.1 Å². The average Bonchev–Trinajstić information content (AvgIpc) is 2.59. The summed E-state index contributed by atoms with van der Waals surface area (Å²) < 4.78 is 10.9. The number of ether oxygens (including phenoxy) is 1. The Hall–Kier alpha value is -2.30. The van der Waals surface area contributed by atoms with Gasteiger partial charge in [-0.05, 0) is 42.4 Å². The Morgan fingerprint density at radius 1 is 1.28 bits per heavy atom. The second-order valence-electron chi connectivity index (χ2n) is 7.19. The molecule has 5 nitrogen and oxygen atoms in total. The van der Waals surface area contributed by atoms with E-state index in [0.29, 0.717) is 17.3 Å². The standard InChI is InChI=1S/C20H25NO4/c1-13(2)17-11-20(23)25-18-10-15(4-5-16(17)18)24-12-19(22)21-8-6-14(3)7-9-21/h4-5,10-11,13-14H,6-9,12H2,1-3H3. The monoisotopic (exact) mass is 343 g/mol. The van der Waals surface area contributed by atoms with Crippen LogP contribution in [0.15, 0.2) is 33.5 Å². The summed E-state index contributed by atoms with van der Waals surface area (Å²) in [5.41, 5.74) is 1.08. The highest BCUT2D eigenvalue weighted by Crippen LogP contribution is 2.27. The van der Waals surface area contributed by atoms with E-state index in [1.807, 2.05) is 30.9 Å². The van der Waals surface area contributed by atoms with Gasteiger partial charge in [-0.1, -0.05) is 20.8 Å². The summed E-state index contributed by atoms with van der Waals surface area (Å²) >= 11 is 0. The number of hydrogen-bond acceptors (Lipinski definition) is 4. The Bertz CT molecular complexity index is 816. The molecule has 134 valence electrons. The Kier molecular flexibility index (Phi) is 5.11. The fourth-order valence-electron chi connectivity index (χ4n) is 3.23. The first-order chi connectivity index (χ1) is 11.9. The van der Waals surface area contributed by atoms with E-state index in [4.69, 9.17) is 9.15 Å². The molecule has 1 aromatic heterocycles. The number of fused-ring (bicyclic) bond motifs is 1. The second kappa shape index (κ2) is 7.30. The van der Waals surface area contributed by atoms with Crippen LogP contribution in [-0.4, -0.2) is 30.5 Å². The molecule has 1 amide bonds. The van der Waals surface area contributed by atoms with Gasteiger partial charge < -0.3 is 14.1 Å². The van der Waals surface area contributed by atoms with Crippen molar-refractivity contribution in [2.45, 2.75) is 39.5 Å². The summed E-state index contributed by atoms with van der Waals surface area (Å²) in [5.74, 6) is 1.45. The van der Waals surface area contributed by atoms with E-state index in [0.717, 1.165) is 36.9 Å². The van der Waals surface area contributed by atoms with Crippen LogP contribution < -0.4 is 10.4 Å². The molecule has 0 atom stereocenters. The molecule has 0 saturated carbocycles. The minimum absolute atomic E-state index is 0.00406. The highest BCUT2D eigenvalue weighted by atomic mass is 16.5. The van der Waals surface area contributed by atoms with Gasteiger partial charge in [-0.25, -0.2) is 4.79 Å². The predicted octanol–water partition coefficient (Wildman–Crippen LogP) is 3.55. The molecule has 1 aliphatic heterocycles. The highest BCUT2D eigenvalue weighted by molar-refractivity contribution is 5.82. The molecule has 25 heavy (non-hydrogen) atoms. The smallest absolute Gasteiger partial charge is 0.336 e. The molecular weight excluding hydrogens is 318 g/mol. The summed E-state index contributed by atoms with van der Waals surface area (Å²) in [5, 5.41) is 0.901. The fourth-order valence-corrected chi connectivity index (χ4v) is 3.23. The number of carbonyl (C=O) groups excluding carboxylic acids is 1. The maximum absolute atomic E-state index is 12.3. The van der Waals surface area contributed by atoms with Gasteiger partial charge in [0.15, 0.2) is 6.61 Å². The Labute approximate surface area is 147 Å². The van der Waals surface area contributed by atoms with Crippen LogP contribution in [0, 0.1) is 5.92 Å². The Balaban J connectivity index is 1.72. The summed E-state index contributed by atoms with van der Waals surface area (Å²) in [6.45, 7) is 7.90. The summed E-state index contributed by atoms with van der Waals surface area (Å²) in [4.78, 5) is 25.9. The maximum Gasteiger partial charge on any atom is 0.336 e. The van der Waals surface area contributed by atoms with E-state index < -0.39 is 0 Å². The van der Waals surface area contributed by atoms with Crippen LogP contribution in [0.5, 0.6) is 5.75 Å². The zero-order valence-electron chi connectivity index (χ0n) is 15.1. The quantitative estimate of drug-likeness (QED) is 0.797. The van der Waals surface area contributed by atoms with Crippen molar-refractivity contribution in [3.05, 3.63) is 40.2 Å². The largest absolute Gasteiger partial charge is 0.484 e. The second-order valence-corrected chi connectivity index (χ2v) is 7.19. The van der Waals surface area contributed by atoms with Gasteiger partial charge in [0.2, 0.25) is 0 Å². The number of hydrogen-bond donors (Lipinski definition) is 0. The molecule has 0 spiro atoms. The van der Waals surface area contributed by atoms with Crippen molar-refractivity contribution >= 4 is 16.9 Å². The predicted molar refractivity (Wildman–Crippen MR) is 97.0 cm³/mol. The molecule has 1 aromatic carbocycles. The molecular formula is C20H25NO4. The van der Waals surface area contributed by atoms with Crippen LogP contribution in [0.25, 0.3) is 11.0 Å². The molecule has 5 heteroatoms. The lowest BCUT2D eigenvalue weighted by molar-refractivity contribution is -0.134. The van der Waals surface area contributed by atoms with Gasteiger partial charge in [0.1, 0.15) is 11.3 Å². The maximum atomic E-state index is 12.3. The topological polar surface area (TPSA) is 59.8 Å². The molecule has 0 aliphatic carbocycles. The zero-order chi connectivity index (χ0) is 18.0. The van der Waals surface area contributed by atoms with Crippen molar-refractivity contribution in [2.75, 3.05) is 19.7 Å². The van der Waals surface area contributed by atoms with Crippen LogP contribution in [0.4, 0.5) is 0 Å². The lowest BCUT2D eigenvalue weighted by Gasteiger charge is -2.30. The Morgan fingerprint density at radius 3 is 2.68 bits per heavy atom. The Morgan fingerprint density at radius 2 is 2.00 bits per heavy atom. The van der Waals surface area contributed by atoms with Gasteiger partial charge in [-0.3, -0.25) is 4.79 Å². The summed E-state index contributed by atoms with van der Waals surface area (Å²) in [6, 6.07) is 6.93. The van der Waals surface area contributed by atoms with Crippen LogP contribution in [0.2, 0.25) is 0 Å². The van der Waals surface area contributed by atoms with Crippen molar-refractivity contribution < 1.29 is 13.9 Å². The first-order valence-electron chi connectivity index (χ1n) is 8.92. The number of likely N-dealkylation sites (tertiary alicyclic amines) is 1. The molecule has 1 aliphatic rings. The molecule has 0 N–H and O–H groups in total. The first-order valence-corrected chi connectivity index (χ1v) is 8.92. The van der Waals surface area contributed by atoms with Crippen molar-refractivity contribution in [2.24, 2.45) is 5.92 Å². The minimum atomic E-state index is -0.369. The van der Waals surface area contributed by atoms with Gasteiger partial charge >= 0.3 is 5.63 Å². The number of rotatable bonds is 4. The van der Waals surface area contributed by atoms with Gasteiger partial charge in [-0.2, -0.15) is 0 Å². The van der Waals surface area contributed by atoms with Gasteiger partial charge in [0.05, 0.1) is 0 Å². The molecule has 1 fully saturated rings. The lowest BCUT2D eigenvalue weighted by atomic mass is 9.99. The highest BCUT2D eigenvalue weighted by Gasteiger charge is 2.20.